The molecule has 2 N–H and O–H groups in total. The molecule has 2 saturated carbocycles. The van der Waals surface area contributed by atoms with Gasteiger partial charge in [0.25, 0.3) is 6.43 Å². The van der Waals surface area contributed by atoms with Crippen molar-refractivity contribution in [2.24, 2.45) is 11.8 Å². The van der Waals surface area contributed by atoms with Gasteiger partial charge in [-0.05, 0) is 56.4 Å². The molecule has 35 heavy (non-hydrogen) atoms. The Balaban J connectivity index is 1.28. The van der Waals surface area contributed by atoms with Crippen LogP contribution in [0.2, 0.25) is 0 Å². The van der Waals surface area contributed by atoms with Crippen LogP contribution in [0.3, 0.4) is 0 Å². The summed E-state index contributed by atoms with van der Waals surface area (Å²) in [5, 5.41) is 29.7. The maximum atomic E-state index is 13.9. The molecule has 0 radical (unpaired) electrons. The Labute approximate surface area is 200 Å². The Bertz CT molecular complexity index is 1320. The Morgan fingerprint density at radius 2 is 1.89 bits per heavy atom. The average Bonchev–Trinajstić information content (AvgIpc) is 3.25. The summed E-state index contributed by atoms with van der Waals surface area (Å²) in [6, 6.07) is 1.90. The zero-order valence-electron chi connectivity index (χ0n) is 19.1. The average molecular weight is 484 g/mol. The molecular weight excluding hydrogens is 456 g/mol. The fourth-order valence-electron chi connectivity index (χ4n) is 4.73. The molecule has 2 aliphatic rings. The largest absolute Gasteiger partial charge is 0.396 e. The molecule has 0 aliphatic heterocycles. The van der Waals surface area contributed by atoms with Crippen molar-refractivity contribution in [3.63, 3.8) is 0 Å². The lowest BCUT2D eigenvalue weighted by Crippen LogP contribution is -2.20. The van der Waals surface area contributed by atoms with Crippen LogP contribution in [0.15, 0.2) is 30.9 Å². The fraction of sp³-hybridized carbons (Fsp3) is 0.522. The van der Waals surface area contributed by atoms with E-state index in [9.17, 15) is 13.9 Å². The van der Waals surface area contributed by atoms with Gasteiger partial charge in [-0.2, -0.15) is 10.2 Å². The SMILES string of the molecule is OCC1CCC(n2cc(-n3cc(-c4cnn5ccc(NCC6CC6)nc45)nn3)c(C(F)F)n2)CC1. The molecule has 0 saturated heterocycles. The van der Waals surface area contributed by atoms with Crippen LogP contribution in [0.5, 0.6) is 0 Å². The molecule has 0 bridgehead atoms. The second kappa shape index (κ2) is 8.99. The van der Waals surface area contributed by atoms with E-state index in [2.05, 4.69) is 30.8 Å². The van der Waals surface area contributed by atoms with Gasteiger partial charge in [0.2, 0.25) is 0 Å². The second-order valence-corrected chi connectivity index (χ2v) is 9.55. The normalized spacial score (nSPS) is 20.7. The fourth-order valence-corrected chi connectivity index (χ4v) is 4.73. The van der Waals surface area contributed by atoms with Crippen LogP contribution in [-0.2, 0) is 0 Å². The van der Waals surface area contributed by atoms with Gasteiger partial charge in [-0.1, -0.05) is 5.21 Å². The van der Waals surface area contributed by atoms with Crippen molar-refractivity contribution in [3.05, 3.63) is 36.5 Å². The third-order valence-corrected chi connectivity index (χ3v) is 7.05. The highest BCUT2D eigenvalue weighted by atomic mass is 19.3. The molecule has 0 aromatic carbocycles. The molecule has 2 aliphatic carbocycles. The quantitative estimate of drug-likeness (QED) is 0.393. The number of nitrogens with one attached hydrogen (secondary N) is 1. The summed E-state index contributed by atoms with van der Waals surface area (Å²) >= 11 is 0. The summed E-state index contributed by atoms with van der Waals surface area (Å²) in [6.45, 7) is 1.06. The van der Waals surface area contributed by atoms with Crippen molar-refractivity contribution >= 4 is 11.5 Å². The van der Waals surface area contributed by atoms with Gasteiger partial charge in [0, 0.05) is 19.3 Å². The van der Waals surface area contributed by atoms with E-state index >= 15 is 0 Å². The first-order valence-electron chi connectivity index (χ1n) is 12.1. The van der Waals surface area contributed by atoms with E-state index in [1.165, 1.54) is 17.5 Å². The van der Waals surface area contributed by atoms with Crippen LogP contribution in [-0.4, -0.2) is 57.6 Å². The summed E-state index contributed by atoms with van der Waals surface area (Å²) < 4.78 is 32.4. The molecule has 10 nitrogen and oxygen atoms in total. The van der Waals surface area contributed by atoms with Crippen molar-refractivity contribution < 1.29 is 13.9 Å². The second-order valence-electron chi connectivity index (χ2n) is 9.55. The predicted molar refractivity (Wildman–Crippen MR) is 123 cm³/mol. The van der Waals surface area contributed by atoms with Gasteiger partial charge in [-0.25, -0.2) is 23.0 Å². The summed E-state index contributed by atoms with van der Waals surface area (Å²) in [5.74, 6) is 1.75. The summed E-state index contributed by atoms with van der Waals surface area (Å²) in [5.41, 5.74) is 1.65. The lowest BCUT2D eigenvalue weighted by molar-refractivity contribution is 0.141. The number of halogens is 2. The first-order valence-corrected chi connectivity index (χ1v) is 12.1. The molecule has 6 rings (SSSR count). The smallest absolute Gasteiger partial charge is 0.284 e. The number of anilines is 1. The molecule has 0 spiro atoms. The lowest BCUT2D eigenvalue weighted by atomic mass is 9.87. The van der Waals surface area contributed by atoms with E-state index in [0.29, 0.717) is 22.8 Å². The van der Waals surface area contributed by atoms with E-state index in [0.717, 1.165) is 38.0 Å². The van der Waals surface area contributed by atoms with Crippen molar-refractivity contribution in [2.75, 3.05) is 18.5 Å². The minimum atomic E-state index is -2.74. The van der Waals surface area contributed by atoms with Crippen LogP contribution in [0, 0.1) is 11.8 Å². The van der Waals surface area contributed by atoms with Gasteiger partial charge in [-0.15, -0.1) is 5.10 Å². The Kier molecular flexibility index (Phi) is 5.67. The maximum absolute atomic E-state index is 13.9. The number of nitrogens with zero attached hydrogens (tertiary/aromatic N) is 8. The molecular formula is C23H27F2N9O. The van der Waals surface area contributed by atoms with Gasteiger partial charge in [-0.3, -0.25) is 4.68 Å². The number of hydrogen-bond donors (Lipinski definition) is 2. The number of aromatic nitrogens is 8. The first kappa shape index (κ1) is 22.1. The lowest BCUT2D eigenvalue weighted by Gasteiger charge is -2.27. The summed E-state index contributed by atoms with van der Waals surface area (Å²) in [4.78, 5) is 4.68. The third kappa shape index (κ3) is 4.38. The van der Waals surface area contributed by atoms with E-state index in [4.69, 9.17) is 0 Å². The highest BCUT2D eigenvalue weighted by Crippen LogP contribution is 2.34. The molecule has 4 aromatic rings. The first-order chi connectivity index (χ1) is 17.1. The van der Waals surface area contributed by atoms with Crippen molar-refractivity contribution in [1.82, 2.24) is 39.4 Å². The molecule has 2 fully saturated rings. The van der Waals surface area contributed by atoms with E-state index in [1.807, 2.05) is 12.3 Å². The molecule has 4 heterocycles. The van der Waals surface area contributed by atoms with Crippen LogP contribution in [0.4, 0.5) is 14.6 Å². The highest BCUT2D eigenvalue weighted by Gasteiger charge is 2.27. The Morgan fingerprint density at radius 3 is 2.63 bits per heavy atom. The van der Waals surface area contributed by atoms with Gasteiger partial charge in [0.1, 0.15) is 17.2 Å². The zero-order valence-corrected chi connectivity index (χ0v) is 19.1. The molecule has 0 unspecified atom stereocenters. The molecule has 184 valence electrons. The van der Waals surface area contributed by atoms with Crippen molar-refractivity contribution in [3.8, 4) is 16.9 Å². The summed E-state index contributed by atoms with van der Waals surface area (Å²) in [6.07, 6.45) is 9.76. The zero-order chi connectivity index (χ0) is 23.9. The van der Waals surface area contributed by atoms with Crippen molar-refractivity contribution in [1.29, 1.82) is 0 Å². The van der Waals surface area contributed by atoms with Crippen LogP contribution < -0.4 is 5.32 Å². The van der Waals surface area contributed by atoms with E-state index in [1.54, 1.807) is 27.8 Å². The van der Waals surface area contributed by atoms with Crippen molar-refractivity contribution in [2.45, 2.75) is 51.0 Å². The maximum Gasteiger partial charge on any atom is 0.284 e. The topological polar surface area (TPSA) is 111 Å². The number of alkyl halides is 2. The molecule has 0 atom stereocenters. The van der Waals surface area contributed by atoms with Gasteiger partial charge in [0.05, 0.1) is 30.2 Å². The Hall–Kier alpha value is -3.41. The molecule has 12 heteroatoms. The minimum Gasteiger partial charge on any atom is -0.396 e. The molecule has 4 aromatic heterocycles. The number of fused-ring (bicyclic) bond motifs is 1. The number of rotatable bonds is 8. The van der Waals surface area contributed by atoms with Crippen LogP contribution in [0.25, 0.3) is 22.6 Å². The van der Waals surface area contributed by atoms with E-state index in [-0.39, 0.29) is 29.9 Å². The van der Waals surface area contributed by atoms with Crippen LogP contribution in [0.1, 0.15) is 56.7 Å². The monoisotopic (exact) mass is 483 g/mol. The number of aliphatic hydroxyl groups is 1. The van der Waals surface area contributed by atoms with Gasteiger partial charge in [0.15, 0.2) is 11.3 Å². The highest BCUT2D eigenvalue weighted by molar-refractivity contribution is 5.74. The molecule has 0 amide bonds. The van der Waals surface area contributed by atoms with E-state index < -0.39 is 6.43 Å². The third-order valence-electron chi connectivity index (χ3n) is 7.05. The number of hydrogen-bond acceptors (Lipinski definition) is 7. The standard InChI is InChI=1S/C23H27F2N9O/c24-22(25)21-19(12-33(30-21)16-5-3-15(13-35)4-6-16)34-11-18(29-31-34)17-10-27-32-8-7-20(28-23(17)32)26-9-14-1-2-14/h7-8,10-12,14-16,22,35H,1-6,9,13H2,(H,26,28). The van der Waals surface area contributed by atoms with Gasteiger partial charge >= 0.3 is 0 Å². The summed E-state index contributed by atoms with van der Waals surface area (Å²) in [7, 11) is 0. The van der Waals surface area contributed by atoms with Gasteiger partial charge < -0.3 is 10.4 Å². The Morgan fingerprint density at radius 1 is 1.09 bits per heavy atom. The minimum absolute atomic E-state index is 0.0254. The predicted octanol–water partition coefficient (Wildman–Crippen LogP) is 3.66. The number of aliphatic hydroxyl groups excluding tert-OH is 1. The van der Waals surface area contributed by atoms with Crippen LogP contribution >= 0.6 is 0 Å².